The highest BCUT2D eigenvalue weighted by Crippen LogP contribution is 2.54. The second-order valence-corrected chi connectivity index (χ2v) is 10.4. The van der Waals surface area contributed by atoms with E-state index in [-0.39, 0.29) is 12.5 Å². The van der Waals surface area contributed by atoms with Crippen LogP contribution in [-0.4, -0.2) is 25.7 Å². The average molecular weight is 458 g/mol. The van der Waals surface area contributed by atoms with Crippen LogP contribution in [0.5, 0.6) is 17.2 Å². The van der Waals surface area contributed by atoms with Gasteiger partial charge in [0.05, 0.1) is 16.1 Å². The largest absolute Gasteiger partial charge is 0.486 e. The van der Waals surface area contributed by atoms with Gasteiger partial charge in [0, 0.05) is 17.2 Å². The molecule has 0 atom stereocenters. The fourth-order valence-electron chi connectivity index (χ4n) is 3.93. The number of benzene rings is 2. The molecule has 1 aromatic heterocycles. The van der Waals surface area contributed by atoms with E-state index in [0.29, 0.717) is 30.5 Å². The molecule has 2 aromatic carbocycles. The van der Waals surface area contributed by atoms with Gasteiger partial charge in [0.15, 0.2) is 18.1 Å². The van der Waals surface area contributed by atoms with Crippen LogP contribution in [-0.2, 0) is 10.3 Å². The van der Waals surface area contributed by atoms with Crippen LogP contribution in [0.3, 0.4) is 0 Å². The van der Waals surface area contributed by atoms with Crippen LogP contribution in [0.1, 0.15) is 18.7 Å². The molecule has 0 unspecified atom stereocenters. The summed E-state index contributed by atoms with van der Waals surface area (Å²) >= 11 is 5.65. The molecule has 3 heterocycles. The van der Waals surface area contributed by atoms with Crippen molar-refractivity contribution in [3.8, 4) is 28.4 Å². The maximum atomic E-state index is 13.4. The molecular formula is C22H19NO4S3. The Kier molecular flexibility index (Phi) is 4.80. The molecule has 0 saturated heterocycles. The van der Waals surface area contributed by atoms with Gasteiger partial charge in [0.2, 0.25) is 0 Å². The third kappa shape index (κ3) is 3.10. The first-order chi connectivity index (χ1) is 14.5. The summed E-state index contributed by atoms with van der Waals surface area (Å²) in [5.41, 5.74) is 2.13. The molecule has 0 spiro atoms. The molecule has 30 heavy (non-hydrogen) atoms. The number of ether oxygens (including phenoxy) is 3. The van der Waals surface area contributed by atoms with E-state index in [9.17, 15) is 4.79 Å². The number of carbonyl (C=O) groups is 1. The van der Waals surface area contributed by atoms with Gasteiger partial charge in [-0.3, -0.25) is 9.69 Å². The van der Waals surface area contributed by atoms with Crippen LogP contribution in [0.2, 0.25) is 0 Å². The molecule has 0 N–H and O–H groups in total. The summed E-state index contributed by atoms with van der Waals surface area (Å²) in [6.07, 6.45) is 0. The van der Waals surface area contributed by atoms with Crippen molar-refractivity contribution in [1.29, 1.82) is 0 Å². The van der Waals surface area contributed by atoms with Crippen LogP contribution in [0.4, 0.5) is 5.69 Å². The molecule has 1 amide bonds. The Hall–Kier alpha value is -2.42. The van der Waals surface area contributed by atoms with Crippen molar-refractivity contribution in [2.75, 3.05) is 24.7 Å². The molecule has 2 aliphatic rings. The van der Waals surface area contributed by atoms with Crippen LogP contribution in [0.15, 0.2) is 42.5 Å². The molecule has 0 radical (unpaired) electrons. The molecule has 0 fully saturated rings. The predicted octanol–water partition coefficient (Wildman–Crippen LogP) is 5.64. The predicted molar refractivity (Wildman–Crippen MR) is 122 cm³/mol. The Morgan fingerprint density at radius 3 is 2.57 bits per heavy atom. The monoisotopic (exact) mass is 457 g/mol. The smallest absolute Gasteiger partial charge is 0.265 e. The zero-order valence-corrected chi connectivity index (χ0v) is 18.9. The number of para-hydroxylation sites is 1. The van der Waals surface area contributed by atoms with Crippen LogP contribution >= 0.6 is 32.9 Å². The van der Waals surface area contributed by atoms with E-state index in [1.54, 1.807) is 20.7 Å². The van der Waals surface area contributed by atoms with Crippen LogP contribution in [0.25, 0.3) is 11.1 Å². The highest BCUT2D eigenvalue weighted by molar-refractivity contribution is 7.80. The summed E-state index contributed by atoms with van der Waals surface area (Å²) in [4.78, 5) is 16.3. The summed E-state index contributed by atoms with van der Waals surface area (Å²) in [5.74, 6) is 1.86. The zero-order chi connectivity index (χ0) is 20.9. The maximum Gasteiger partial charge on any atom is 0.265 e. The topological polar surface area (TPSA) is 48.0 Å². The average Bonchev–Trinajstić information content (AvgIpc) is 3.14. The maximum absolute atomic E-state index is 13.4. The second-order valence-electron chi connectivity index (χ2n) is 7.56. The first-order valence-corrected chi connectivity index (χ1v) is 12.1. The molecule has 0 aliphatic carbocycles. The summed E-state index contributed by atoms with van der Waals surface area (Å²) < 4.78 is 18.2. The number of anilines is 1. The van der Waals surface area contributed by atoms with Crippen molar-refractivity contribution in [3.05, 3.63) is 51.2 Å². The van der Waals surface area contributed by atoms with E-state index < -0.39 is 5.54 Å². The number of hydrogen-bond acceptors (Lipinski definition) is 7. The third-order valence-corrected chi connectivity index (χ3v) is 8.60. The lowest BCUT2D eigenvalue weighted by Crippen LogP contribution is -2.49. The minimum Gasteiger partial charge on any atom is -0.486 e. The van der Waals surface area contributed by atoms with Gasteiger partial charge < -0.3 is 14.2 Å². The van der Waals surface area contributed by atoms with E-state index in [2.05, 4.69) is 0 Å². The summed E-state index contributed by atoms with van der Waals surface area (Å²) in [7, 11) is 3.19. The quantitative estimate of drug-likeness (QED) is 0.376. The van der Waals surface area contributed by atoms with Gasteiger partial charge in [0.1, 0.15) is 22.8 Å². The van der Waals surface area contributed by atoms with Crippen molar-refractivity contribution >= 4 is 44.5 Å². The minimum absolute atomic E-state index is 0.0633. The van der Waals surface area contributed by atoms with Gasteiger partial charge in [-0.15, -0.1) is 0 Å². The lowest BCUT2D eigenvalue weighted by atomic mass is 9.87. The fraction of sp³-hybridized carbons (Fsp3) is 0.273. The van der Waals surface area contributed by atoms with Gasteiger partial charge in [-0.25, -0.2) is 0 Å². The number of amides is 1. The van der Waals surface area contributed by atoms with Crippen LogP contribution < -0.4 is 19.1 Å². The number of nitrogens with zero attached hydrogens (tertiary/aromatic N) is 1. The minimum atomic E-state index is -0.568. The Bertz CT molecular complexity index is 1180. The normalized spacial score (nSPS) is 15.9. The SMILES string of the molecule is CC1(C)c2ssc(=S)c2-c2cc3c(cc2N1C(=O)COc1ccccc1)OCCO3. The lowest BCUT2D eigenvalue weighted by Gasteiger charge is -2.43. The van der Waals surface area contributed by atoms with Crippen molar-refractivity contribution < 1.29 is 19.0 Å². The van der Waals surface area contributed by atoms with Gasteiger partial charge in [-0.1, -0.05) is 51.1 Å². The molecule has 154 valence electrons. The molecular weight excluding hydrogens is 438 g/mol. The summed E-state index contributed by atoms with van der Waals surface area (Å²) in [6.45, 7) is 5.02. The Morgan fingerprint density at radius 2 is 1.83 bits per heavy atom. The first-order valence-electron chi connectivity index (χ1n) is 9.55. The highest BCUT2D eigenvalue weighted by Gasteiger charge is 2.44. The number of fused-ring (bicyclic) bond motifs is 4. The summed E-state index contributed by atoms with van der Waals surface area (Å²) in [5, 5.41) is 0. The Balaban J connectivity index is 1.60. The van der Waals surface area contributed by atoms with E-state index in [0.717, 1.165) is 25.5 Å². The Labute approximate surface area is 186 Å². The summed E-state index contributed by atoms with van der Waals surface area (Å²) in [6, 6.07) is 13.2. The third-order valence-electron chi connectivity index (χ3n) is 5.27. The molecule has 2 aliphatic heterocycles. The molecule has 5 nitrogen and oxygen atoms in total. The van der Waals surface area contributed by atoms with Gasteiger partial charge in [-0.2, -0.15) is 0 Å². The molecule has 5 rings (SSSR count). The van der Waals surface area contributed by atoms with Gasteiger partial charge in [0.25, 0.3) is 5.91 Å². The molecule has 0 saturated carbocycles. The highest BCUT2D eigenvalue weighted by atomic mass is 32.9. The molecule has 8 heteroatoms. The zero-order valence-electron chi connectivity index (χ0n) is 16.5. The fourth-order valence-corrected chi connectivity index (χ4v) is 7.22. The Morgan fingerprint density at radius 1 is 1.13 bits per heavy atom. The standard InChI is InChI=1S/C22H19NO4S3/c1-22(2)20-19(21(28)30-29-20)14-10-16-17(26-9-8-25-16)11-15(14)23(22)18(24)12-27-13-6-4-3-5-7-13/h3-7,10-11H,8-9,12H2,1-2H3. The van der Waals surface area contributed by atoms with Crippen molar-refractivity contribution in [3.63, 3.8) is 0 Å². The van der Waals surface area contributed by atoms with E-state index in [1.807, 2.05) is 61.2 Å². The number of hydrogen-bond donors (Lipinski definition) is 0. The van der Waals surface area contributed by atoms with Crippen molar-refractivity contribution in [2.45, 2.75) is 19.4 Å². The number of carbonyl (C=O) groups excluding carboxylic acids is 1. The van der Waals surface area contributed by atoms with E-state index >= 15 is 0 Å². The molecule has 0 bridgehead atoms. The van der Waals surface area contributed by atoms with Gasteiger partial charge >= 0.3 is 0 Å². The first kappa shape index (κ1) is 19.5. The van der Waals surface area contributed by atoms with E-state index in [1.165, 1.54) is 0 Å². The molecule has 3 aromatic rings. The second kappa shape index (κ2) is 7.37. The van der Waals surface area contributed by atoms with Crippen molar-refractivity contribution in [1.82, 2.24) is 0 Å². The van der Waals surface area contributed by atoms with Gasteiger partial charge in [-0.05, 0) is 32.0 Å². The number of rotatable bonds is 3. The van der Waals surface area contributed by atoms with Crippen molar-refractivity contribution in [2.24, 2.45) is 0 Å². The van der Waals surface area contributed by atoms with E-state index in [4.69, 9.17) is 26.4 Å². The van der Waals surface area contributed by atoms with Crippen LogP contribution in [0, 0.1) is 3.82 Å². The lowest BCUT2D eigenvalue weighted by molar-refractivity contribution is -0.121.